The van der Waals surface area contributed by atoms with Gasteiger partial charge in [0, 0.05) is 37.8 Å². The maximum atomic E-state index is 13.6. The van der Waals surface area contributed by atoms with Crippen LogP contribution < -0.4 is 4.74 Å². The van der Waals surface area contributed by atoms with Crippen LogP contribution in [0.5, 0.6) is 11.5 Å². The van der Waals surface area contributed by atoms with E-state index in [2.05, 4.69) is 0 Å². The second kappa shape index (κ2) is 10.1. The van der Waals surface area contributed by atoms with Crippen molar-refractivity contribution in [2.75, 3.05) is 39.5 Å². The van der Waals surface area contributed by atoms with Crippen molar-refractivity contribution < 1.29 is 33.3 Å². The third-order valence-electron chi connectivity index (χ3n) is 5.13. The molecule has 1 aliphatic heterocycles. The minimum absolute atomic E-state index is 0.0597. The Bertz CT molecular complexity index is 696. The lowest BCUT2D eigenvalue weighted by Gasteiger charge is -2.33. The van der Waals surface area contributed by atoms with E-state index in [1.165, 1.54) is 0 Å². The first kappa shape index (κ1) is 21.6. The van der Waals surface area contributed by atoms with Gasteiger partial charge in [0.1, 0.15) is 6.61 Å². The molecule has 0 radical (unpaired) electrons. The average Bonchev–Trinajstić information content (AvgIpc) is 3.55. The first-order chi connectivity index (χ1) is 14.0. The third kappa shape index (κ3) is 6.17. The van der Waals surface area contributed by atoms with Gasteiger partial charge in [0.15, 0.2) is 23.1 Å². The van der Waals surface area contributed by atoms with E-state index >= 15 is 0 Å². The zero-order valence-electron chi connectivity index (χ0n) is 16.4. The second-order valence-electron chi connectivity index (χ2n) is 7.50. The molecule has 29 heavy (non-hydrogen) atoms. The molecule has 0 bridgehead atoms. The van der Waals surface area contributed by atoms with Crippen molar-refractivity contribution >= 4 is 6.03 Å². The lowest BCUT2D eigenvalue weighted by atomic mass is 10.1. The van der Waals surface area contributed by atoms with Gasteiger partial charge in [0.25, 0.3) is 0 Å². The maximum Gasteiger partial charge on any atom is 0.320 e. The van der Waals surface area contributed by atoms with Crippen LogP contribution >= 0.6 is 0 Å². The van der Waals surface area contributed by atoms with Crippen LogP contribution in [0.15, 0.2) is 12.1 Å². The van der Waals surface area contributed by atoms with Crippen LogP contribution in [0.1, 0.15) is 32.1 Å². The number of phenolic OH excluding ortho intramolecular Hbond substituents is 1. The summed E-state index contributed by atoms with van der Waals surface area (Å²) < 4.78 is 37.3. The van der Waals surface area contributed by atoms with E-state index in [0.717, 1.165) is 25.3 Å². The normalized spacial score (nSPS) is 17.8. The van der Waals surface area contributed by atoms with Crippen molar-refractivity contribution in [2.24, 2.45) is 0 Å². The molecule has 1 saturated heterocycles. The molecule has 3 rings (SSSR count). The number of benzene rings is 1. The van der Waals surface area contributed by atoms with Gasteiger partial charge >= 0.3 is 6.03 Å². The summed E-state index contributed by atoms with van der Waals surface area (Å²) in [6, 6.07) is 1.76. The Labute approximate surface area is 168 Å². The summed E-state index contributed by atoms with van der Waals surface area (Å²) in [5, 5.41) is 19.1. The number of amides is 2. The Morgan fingerprint density at radius 2 is 1.97 bits per heavy atom. The summed E-state index contributed by atoms with van der Waals surface area (Å²) in [6.45, 7) is 2.83. The van der Waals surface area contributed by atoms with Crippen molar-refractivity contribution in [3.05, 3.63) is 23.8 Å². The van der Waals surface area contributed by atoms with Crippen LogP contribution in [0.2, 0.25) is 0 Å². The van der Waals surface area contributed by atoms with Gasteiger partial charge in [-0.05, 0) is 32.1 Å². The summed E-state index contributed by atoms with van der Waals surface area (Å²) in [5.41, 5.74) is 0. The number of hydrogen-bond acceptors (Lipinski definition) is 5. The van der Waals surface area contributed by atoms with Crippen LogP contribution in [-0.2, 0) is 4.74 Å². The largest absolute Gasteiger partial charge is 0.505 e. The SMILES string of the molecule is O=C(N1CCOCC1)N(CCCC[C@H](O)COc1cc(F)c(O)cc1F)C1CC1. The van der Waals surface area contributed by atoms with Gasteiger partial charge in [-0.15, -0.1) is 0 Å². The maximum absolute atomic E-state index is 13.6. The highest BCUT2D eigenvalue weighted by molar-refractivity contribution is 5.75. The van der Waals surface area contributed by atoms with E-state index in [0.29, 0.717) is 57.8 Å². The number of phenols is 1. The number of aliphatic hydroxyl groups excluding tert-OH is 1. The van der Waals surface area contributed by atoms with Crippen LogP contribution in [0.3, 0.4) is 0 Å². The standard InChI is InChI=1S/C20H28F2N2O5/c21-16-12-19(17(22)11-18(16)26)29-13-15(25)3-1-2-6-24(14-4-5-14)20(27)23-7-9-28-10-8-23/h11-12,14-15,25-26H,1-10,13H2/t15-/m0/s1. The number of rotatable bonds is 9. The molecule has 0 aromatic heterocycles. The molecule has 1 heterocycles. The van der Waals surface area contributed by atoms with E-state index < -0.39 is 23.5 Å². The molecule has 7 nitrogen and oxygen atoms in total. The number of nitrogens with zero attached hydrogens (tertiary/aromatic N) is 2. The van der Waals surface area contributed by atoms with Crippen molar-refractivity contribution in [1.29, 1.82) is 0 Å². The quantitative estimate of drug-likeness (QED) is 0.607. The van der Waals surface area contributed by atoms with E-state index in [1.54, 1.807) is 0 Å². The number of carbonyl (C=O) groups is 1. The molecule has 1 saturated carbocycles. The van der Waals surface area contributed by atoms with Crippen molar-refractivity contribution in [3.8, 4) is 11.5 Å². The first-order valence-corrected chi connectivity index (χ1v) is 10.1. The van der Waals surface area contributed by atoms with E-state index in [9.17, 15) is 18.7 Å². The number of morpholine rings is 1. The summed E-state index contributed by atoms with van der Waals surface area (Å²) in [7, 11) is 0. The molecule has 9 heteroatoms. The minimum Gasteiger partial charge on any atom is -0.505 e. The topological polar surface area (TPSA) is 82.5 Å². The van der Waals surface area contributed by atoms with Crippen molar-refractivity contribution in [1.82, 2.24) is 9.80 Å². The Balaban J connectivity index is 1.37. The van der Waals surface area contributed by atoms with Gasteiger partial charge in [-0.3, -0.25) is 0 Å². The van der Waals surface area contributed by atoms with E-state index in [4.69, 9.17) is 14.6 Å². The number of carbonyl (C=O) groups excluding carboxylic acids is 1. The Kier molecular flexibility index (Phi) is 7.49. The number of ether oxygens (including phenoxy) is 2. The van der Waals surface area contributed by atoms with Crippen molar-refractivity contribution in [3.63, 3.8) is 0 Å². The molecule has 2 amide bonds. The van der Waals surface area contributed by atoms with Crippen molar-refractivity contribution in [2.45, 2.75) is 44.2 Å². The number of unbranched alkanes of at least 4 members (excludes halogenated alkanes) is 1. The zero-order valence-corrected chi connectivity index (χ0v) is 16.4. The molecule has 0 spiro atoms. The molecular formula is C20H28F2N2O5. The minimum atomic E-state index is -0.985. The summed E-state index contributed by atoms with van der Waals surface area (Å²) >= 11 is 0. The third-order valence-corrected chi connectivity index (χ3v) is 5.13. The second-order valence-corrected chi connectivity index (χ2v) is 7.50. The highest BCUT2D eigenvalue weighted by Gasteiger charge is 2.34. The van der Waals surface area contributed by atoms with Gasteiger partial charge in [0.2, 0.25) is 0 Å². The molecule has 2 aliphatic rings. The fraction of sp³-hybridized carbons (Fsp3) is 0.650. The Hall–Kier alpha value is -2.13. The molecule has 2 N–H and O–H groups in total. The first-order valence-electron chi connectivity index (χ1n) is 10.1. The fourth-order valence-corrected chi connectivity index (χ4v) is 3.32. The molecule has 1 aliphatic carbocycles. The molecule has 1 aromatic rings. The highest BCUT2D eigenvalue weighted by Crippen LogP contribution is 2.29. The summed E-state index contributed by atoms with van der Waals surface area (Å²) in [5.74, 6) is -3.02. The van der Waals surface area contributed by atoms with E-state index in [1.807, 2.05) is 9.80 Å². The number of halogens is 2. The predicted octanol–water partition coefficient (Wildman–Crippen LogP) is 2.50. The van der Waals surface area contributed by atoms with Gasteiger partial charge in [0.05, 0.1) is 19.3 Å². The van der Waals surface area contributed by atoms with Crippen LogP contribution in [0.25, 0.3) is 0 Å². The molecule has 1 atom stereocenters. The van der Waals surface area contributed by atoms with Gasteiger partial charge in [-0.25, -0.2) is 13.6 Å². The molecule has 2 fully saturated rings. The zero-order chi connectivity index (χ0) is 20.8. The molecule has 162 valence electrons. The van der Waals surface area contributed by atoms with Gasteiger partial charge < -0.3 is 29.5 Å². The number of urea groups is 1. The predicted molar refractivity (Wildman–Crippen MR) is 101 cm³/mol. The summed E-state index contributed by atoms with van der Waals surface area (Å²) in [4.78, 5) is 16.4. The van der Waals surface area contributed by atoms with Crippen LogP contribution in [0.4, 0.5) is 13.6 Å². The molecule has 1 aromatic carbocycles. The number of hydrogen-bond donors (Lipinski definition) is 2. The number of aliphatic hydroxyl groups is 1. The van der Waals surface area contributed by atoms with Crippen LogP contribution in [0, 0.1) is 11.6 Å². The fourth-order valence-electron chi connectivity index (χ4n) is 3.32. The van der Waals surface area contributed by atoms with Gasteiger partial charge in [-0.1, -0.05) is 0 Å². The smallest absolute Gasteiger partial charge is 0.320 e. The number of aromatic hydroxyl groups is 1. The average molecular weight is 414 g/mol. The lowest BCUT2D eigenvalue weighted by molar-refractivity contribution is 0.0422. The lowest BCUT2D eigenvalue weighted by Crippen LogP contribution is -2.49. The summed E-state index contributed by atoms with van der Waals surface area (Å²) in [6.07, 6.45) is 3.06. The van der Waals surface area contributed by atoms with Gasteiger partial charge in [-0.2, -0.15) is 0 Å². The van der Waals surface area contributed by atoms with Crippen LogP contribution in [-0.4, -0.2) is 77.6 Å². The molecule has 0 unspecified atom stereocenters. The Morgan fingerprint density at radius 1 is 1.24 bits per heavy atom. The highest BCUT2D eigenvalue weighted by atomic mass is 19.1. The van der Waals surface area contributed by atoms with E-state index in [-0.39, 0.29) is 18.4 Å². The Morgan fingerprint density at radius 3 is 2.66 bits per heavy atom. The molecular weight excluding hydrogens is 386 g/mol. The monoisotopic (exact) mass is 414 g/mol.